The zero-order chi connectivity index (χ0) is 9.64. The van der Waals surface area contributed by atoms with Crippen molar-refractivity contribution in [2.75, 3.05) is 6.61 Å². The van der Waals surface area contributed by atoms with E-state index < -0.39 is 12.0 Å². The van der Waals surface area contributed by atoms with Gasteiger partial charge in [0.2, 0.25) is 0 Å². The van der Waals surface area contributed by atoms with E-state index in [2.05, 4.69) is 0 Å². The van der Waals surface area contributed by atoms with Crippen molar-refractivity contribution in [3.63, 3.8) is 0 Å². The van der Waals surface area contributed by atoms with Crippen molar-refractivity contribution in [1.29, 1.82) is 0 Å². The van der Waals surface area contributed by atoms with Crippen LogP contribution in [0.5, 0.6) is 0 Å². The van der Waals surface area contributed by atoms with Gasteiger partial charge in [-0.25, -0.2) is 0 Å². The molecule has 2 rings (SSSR count). The Labute approximate surface area is 76.8 Å². The van der Waals surface area contributed by atoms with E-state index in [1.165, 1.54) is 0 Å². The molecular weight excluding hydrogens is 174 g/mol. The maximum Gasteiger partial charge on any atom is 0.164 e. The molecule has 0 amide bonds. The SMILES string of the molecule is CC1(C)O[C@H]2[C@H](N)OC(CO)[C@H]2O1. The molecule has 3 N–H and O–H groups in total. The summed E-state index contributed by atoms with van der Waals surface area (Å²) in [7, 11) is 0. The van der Waals surface area contributed by atoms with Crippen LogP contribution in [0.2, 0.25) is 0 Å². The lowest BCUT2D eigenvalue weighted by Crippen LogP contribution is -2.35. The second-order valence-electron chi connectivity index (χ2n) is 3.89. The fraction of sp³-hybridized carbons (Fsp3) is 1.00. The third-order valence-electron chi connectivity index (χ3n) is 2.37. The van der Waals surface area contributed by atoms with Crippen molar-refractivity contribution in [1.82, 2.24) is 0 Å². The first-order valence-corrected chi connectivity index (χ1v) is 4.41. The second kappa shape index (κ2) is 2.90. The van der Waals surface area contributed by atoms with Crippen LogP contribution >= 0.6 is 0 Å². The third kappa shape index (κ3) is 1.47. The van der Waals surface area contributed by atoms with Crippen LogP contribution in [0.4, 0.5) is 0 Å². The number of hydrogen-bond donors (Lipinski definition) is 2. The topological polar surface area (TPSA) is 73.9 Å². The van der Waals surface area contributed by atoms with Crippen molar-refractivity contribution in [3.05, 3.63) is 0 Å². The van der Waals surface area contributed by atoms with Crippen LogP contribution in [0.25, 0.3) is 0 Å². The predicted octanol–water partition coefficient (Wildman–Crippen LogP) is -0.818. The highest BCUT2D eigenvalue weighted by atomic mass is 16.8. The lowest BCUT2D eigenvalue weighted by Gasteiger charge is -2.21. The molecule has 4 atom stereocenters. The Morgan fingerprint density at radius 3 is 2.54 bits per heavy atom. The van der Waals surface area contributed by atoms with Crippen molar-refractivity contribution in [3.8, 4) is 0 Å². The van der Waals surface area contributed by atoms with Gasteiger partial charge in [0.15, 0.2) is 5.79 Å². The van der Waals surface area contributed by atoms with E-state index in [1.54, 1.807) is 0 Å². The summed E-state index contributed by atoms with van der Waals surface area (Å²) < 4.78 is 16.3. The Balaban J connectivity index is 2.12. The zero-order valence-electron chi connectivity index (χ0n) is 7.77. The van der Waals surface area contributed by atoms with Crippen LogP contribution < -0.4 is 5.73 Å². The number of fused-ring (bicyclic) bond motifs is 1. The van der Waals surface area contributed by atoms with Crippen LogP contribution in [0.3, 0.4) is 0 Å². The summed E-state index contributed by atoms with van der Waals surface area (Å²) in [6, 6.07) is 0. The third-order valence-corrected chi connectivity index (χ3v) is 2.37. The Bertz CT molecular complexity index is 208. The molecule has 2 fully saturated rings. The van der Waals surface area contributed by atoms with Gasteiger partial charge in [0.1, 0.15) is 24.5 Å². The first kappa shape index (κ1) is 9.36. The number of rotatable bonds is 1. The predicted molar refractivity (Wildman–Crippen MR) is 43.8 cm³/mol. The molecular formula is C8H15NO4. The Morgan fingerprint density at radius 2 is 1.92 bits per heavy atom. The number of ether oxygens (including phenoxy) is 3. The van der Waals surface area contributed by atoms with Gasteiger partial charge in [0, 0.05) is 0 Å². The maximum atomic E-state index is 8.98. The summed E-state index contributed by atoms with van der Waals surface area (Å²) in [6.07, 6.45) is -1.35. The molecule has 0 aromatic heterocycles. The highest BCUT2D eigenvalue weighted by Gasteiger charge is 2.53. The van der Waals surface area contributed by atoms with Crippen molar-refractivity contribution >= 4 is 0 Å². The van der Waals surface area contributed by atoms with Gasteiger partial charge < -0.3 is 25.1 Å². The fourth-order valence-corrected chi connectivity index (χ4v) is 1.86. The minimum Gasteiger partial charge on any atom is -0.394 e. The van der Waals surface area contributed by atoms with Gasteiger partial charge in [-0.3, -0.25) is 0 Å². The molecule has 13 heavy (non-hydrogen) atoms. The molecule has 2 aliphatic heterocycles. The van der Waals surface area contributed by atoms with Gasteiger partial charge in [-0.2, -0.15) is 0 Å². The molecule has 0 aromatic carbocycles. The molecule has 0 aromatic rings. The number of aliphatic hydroxyl groups is 1. The monoisotopic (exact) mass is 189 g/mol. The molecule has 5 nitrogen and oxygen atoms in total. The number of hydrogen-bond acceptors (Lipinski definition) is 5. The van der Waals surface area contributed by atoms with Crippen LogP contribution in [-0.2, 0) is 14.2 Å². The average molecular weight is 189 g/mol. The molecule has 0 radical (unpaired) electrons. The van der Waals surface area contributed by atoms with E-state index in [1.807, 2.05) is 13.8 Å². The smallest absolute Gasteiger partial charge is 0.164 e. The molecule has 2 aliphatic rings. The average Bonchev–Trinajstić information content (AvgIpc) is 2.47. The highest BCUT2D eigenvalue weighted by Crippen LogP contribution is 2.36. The molecule has 76 valence electrons. The Kier molecular flexibility index (Phi) is 2.08. The standard InChI is InChI=1S/C8H15NO4/c1-8(2)12-5-4(3-10)11-7(9)6(5)13-8/h4-7,10H,3,9H2,1-2H3/t4?,5-,6-,7-/m1/s1. The first-order chi connectivity index (χ1) is 6.03. The summed E-state index contributed by atoms with van der Waals surface area (Å²) in [6.45, 7) is 3.56. The normalized spacial score (nSPS) is 48.0. The van der Waals surface area contributed by atoms with Gasteiger partial charge >= 0.3 is 0 Å². The summed E-state index contributed by atoms with van der Waals surface area (Å²) in [4.78, 5) is 0. The fourth-order valence-electron chi connectivity index (χ4n) is 1.86. The minimum atomic E-state index is -0.621. The molecule has 2 heterocycles. The van der Waals surface area contributed by atoms with Crippen molar-refractivity contribution < 1.29 is 19.3 Å². The Hall–Kier alpha value is -0.200. The van der Waals surface area contributed by atoms with Crippen LogP contribution in [0.15, 0.2) is 0 Å². The maximum absolute atomic E-state index is 8.98. The second-order valence-corrected chi connectivity index (χ2v) is 3.89. The summed E-state index contributed by atoms with van der Waals surface area (Å²) in [5.74, 6) is -0.621. The van der Waals surface area contributed by atoms with Crippen LogP contribution in [0.1, 0.15) is 13.8 Å². The van der Waals surface area contributed by atoms with Gasteiger partial charge in [-0.1, -0.05) is 0 Å². The molecule has 0 aliphatic carbocycles. The van der Waals surface area contributed by atoms with Gasteiger partial charge in [-0.15, -0.1) is 0 Å². The summed E-state index contributed by atoms with van der Waals surface area (Å²) >= 11 is 0. The lowest BCUT2D eigenvalue weighted by molar-refractivity contribution is -0.189. The van der Waals surface area contributed by atoms with Crippen LogP contribution in [-0.4, -0.2) is 42.0 Å². The highest BCUT2D eigenvalue weighted by molar-refractivity contribution is 4.95. The molecule has 1 unspecified atom stereocenters. The summed E-state index contributed by atoms with van der Waals surface area (Å²) in [5.41, 5.74) is 5.67. The Morgan fingerprint density at radius 1 is 1.31 bits per heavy atom. The van der Waals surface area contributed by atoms with E-state index in [0.717, 1.165) is 0 Å². The number of nitrogens with two attached hydrogens (primary N) is 1. The molecule has 2 saturated heterocycles. The van der Waals surface area contributed by atoms with E-state index in [9.17, 15) is 0 Å². The van der Waals surface area contributed by atoms with E-state index in [0.29, 0.717) is 0 Å². The minimum absolute atomic E-state index is 0.0890. The largest absolute Gasteiger partial charge is 0.394 e. The quantitative estimate of drug-likeness (QED) is 0.564. The van der Waals surface area contributed by atoms with E-state index in [4.69, 9.17) is 25.1 Å². The summed E-state index contributed by atoms with van der Waals surface area (Å²) in [5, 5.41) is 8.98. The van der Waals surface area contributed by atoms with Crippen LogP contribution in [0, 0.1) is 0 Å². The molecule has 0 spiro atoms. The van der Waals surface area contributed by atoms with Crippen molar-refractivity contribution in [2.24, 2.45) is 5.73 Å². The molecule has 0 bridgehead atoms. The first-order valence-electron chi connectivity index (χ1n) is 4.41. The van der Waals surface area contributed by atoms with E-state index in [-0.39, 0.29) is 24.9 Å². The van der Waals surface area contributed by atoms with Gasteiger partial charge in [0.25, 0.3) is 0 Å². The number of aliphatic hydroxyl groups excluding tert-OH is 1. The molecule has 0 saturated carbocycles. The van der Waals surface area contributed by atoms with E-state index >= 15 is 0 Å². The molecule has 5 heteroatoms. The zero-order valence-corrected chi connectivity index (χ0v) is 7.77. The van der Waals surface area contributed by atoms with Crippen molar-refractivity contribution in [2.45, 2.75) is 44.2 Å². The van der Waals surface area contributed by atoms with Gasteiger partial charge in [0.05, 0.1) is 6.61 Å². The van der Waals surface area contributed by atoms with Gasteiger partial charge in [-0.05, 0) is 13.8 Å². The lowest BCUT2D eigenvalue weighted by atomic mass is 10.1.